The number of benzene rings is 2. The van der Waals surface area contributed by atoms with Gasteiger partial charge in [-0.1, -0.05) is 24.3 Å². The molecule has 1 N–H and O–H groups in total. The summed E-state index contributed by atoms with van der Waals surface area (Å²) in [5, 5.41) is 2.97. The van der Waals surface area contributed by atoms with E-state index >= 15 is 0 Å². The van der Waals surface area contributed by atoms with Gasteiger partial charge in [0.1, 0.15) is 5.75 Å². The molecule has 1 aliphatic rings. The molecule has 0 unspecified atom stereocenters. The molecule has 2 aromatic carbocycles. The molecular weight excluding hydrogens is 316 g/mol. The number of nitrogens with zero attached hydrogens (tertiary/aromatic N) is 1. The van der Waals surface area contributed by atoms with Crippen molar-refractivity contribution in [1.82, 2.24) is 10.2 Å². The average Bonchev–Trinajstić information content (AvgIpc) is 2.67. The number of hydrogen-bond donors (Lipinski definition) is 1. The molecule has 0 atom stereocenters. The Morgan fingerprint density at radius 2 is 1.88 bits per heavy atom. The van der Waals surface area contributed by atoms with Crippen molar-refractivity contribution in [3.63, 3.8) is 0 Å². The summed E-state index contributed by atoms with van der Waals surface area (Å²) >= 11 is 0. The quantitative estimate of drug-likeness (QED) is 0.878. The molecule has 0 bridgehead atoms. The molecule has 0 spiro atoms. The Hall–Kier alpha value is -2.37. The maximum Gasteiger partial charge on any atom is 0.251 e. The standard InChI is InChI=1S/C20H24N2O3/c1-24-19-7-5-16(6-8-19)14-21-20(23)18-4-2-3-17(13-18)15-22-9-11-25-12-10-22/h2-8,13H,9-12,14-15H2,1H3,(H,21,23). The van der Waals surface area contributed by atoms with Crippen LogP contribution in [0.25, 0.3) is 0 Å². The maximum atomic E-state index is 12.4. The highest BCUT2D eigenvalue weighted by Crippen LogP contribution is 2.12. The Balaban J connectivity index is 1.56. The summed E-state index contributed by atoms with van der Waals surface area (Å²) < 4.78 is 10.5. The Bertz CT molecular complexity index is 694. The fraction of sp³-hybridized carbons (Fsp3) is 0.350. The van der Waals surface area contributed by atoms with E-state index in [-0.39, 0.29) is 5.91 Å². The second kappa shape index (κ2) is 8.65. The molecule has 0 aromatic heterocycles. The third kappa shape index (κ3) is 5.05. The molecular formula is C20H24N2O3. The topological polar surface area (TPSA) is 50.8 Å². The minimum absolute atomic E-state index is 0.0559. The number of rotatable bonds is 6. The van der Waals surface area contributed by atoms with Gasteiger partial charge in [0.15, 0.2) is 0 Å². The van der Waals surface area contributed by atoms with Crippen molar-refractivity contribution in [3.05, 3.63) is 65.2 Å². The van der Waals surface area contributed by atoms with Gasteiger partial charge in [-0.25, -0.2) is 0 Å². The average molecular weight is 340 g/mol. The third-order valence-corrected chi connectivity index (χ3v) is 4.31. The largest absolute Gasteiger partial charge is 0.497 e. The highest BCUT2D eigenvalue weighted by molar-refractivity contribution is 5.94. The zero-order chi connectivity index (χ0) is 17.5. The molecule has 1 fully saturated rings. The molecule has 1 saturated heterocycles. The molecule has 1 amide bonds. The monoisotopic (exact) mass is 340 g/mol. The van der Waals surface area contributed by atoms with Crippen molar-refractivity contribution < 1.29 is 14.3 Å². The number of hydrogen-bond acceptors (Lipinski definition) is 4. The first kappa shape index (κ1) is 17.5. The molecule has 1 heterocycles. The van der Waals surface area contributed by atoms with Crippen molar-refractivity contribution in [3.8, 4) is 5.75 Å². The number of ether oxygens (including phenoxy) is 2. The number of carbonyl (C=O) groups is 1. The van der Waals surface area contributed by atoms with Crippen LogP contribution in [-0.4, -0.2) is 44.2 Å². The lowest BCUT2D eigenvalue weighted by atomic mass is 10.1. The van der Waals surface area contributed by atoms with Crippen molar-refractivity contribution >= 4 is 5.91 Å². The van der Waals surface area contributed by atoms with Crippen LogP contribution in [0.4, 0.5) is 0 Å². The lowest BCUT2D eigenvalue weighted by molar-refractivity contribution is 0.0342. The van der Waals surface area contributed by atoms with Gasteiger partial charge in [0.05, 0.1) is 20.3 Å². The number of amides is 1. The van der Waals surface area contributed by atoms with Crippen LogP contribution in [0.5, 0.6) is 5.75 Å². The highest BCUT2D eigenvalue weighted by atomic mass is 16.5. The number of morpholine rings is 1. The van der Waals surface area contributed by atoms with Gasteiger partial charge >= 0.3 is 0 Å². The summed E-state index contributed by atoms with van der Waals surface area (Å²) in [6, 6.07) is 15.5. The van der Waals surface area contributed by atoms with Gasteiger partial charge in [-0.05, 0) is 35.4 Å². The molecule has 0 aliphatic carbocycles. The minimum atomic E-state index is -0.0559. The van der Waals surface area contributed by atoms with Gasteiger partial charge in [-0.15, -0.1) is 0 Å². The van der Waals surface area contributed by atoms with Crippen molar-refractivity contribution in [2.75, 3.05) is 33.4 Å². The zero-order valence-electron chi connectivity index (χ0n) is 14.5. The van der Waals surface area contributed by atoms with Crippen LogP contribution in [-0.2, 0) is 17.8 Å². The van der Waals surface area contributed by atoms with E-state index < -0.39 is 0 Å². The second-order valence-corrected chi connectivity index (χ2v) is 6.12. The van der Waals surface area contributed by atoms with Crippen LogP contribution < -0.4 is 10.1 Å². The Morgan fingerprint density at radius 3 is 2.60 bits per heavy atom. The highest BCUT2D eigenvalue weighted by Gasteiger charge is 2.12. The molecule has 5 heteroatoms. The van der Waals surface area contributed by atoms with Crippen molar-refractivity contribution in [2.24, 2.45) is 0 Å². The van der Waals surface area contributed by atoms with Gasteiger partial charge in [0.2, 0.25) is 0 Å². The Labute approximate surface area is 148 Å². The Morgan fingerprint density at radius 1 is 1.12 bits per heavy atom. The molecule has 25 heavy (non-hydrogen) atoms. The van der Waals surface area contributed by atoms with E-state index in [0.29, 0.717) is 12.1 Å². The molecule has 3 rings (SSSR count). The maximum absolute atomic E-state index is 12.4. The molecule has 5 nitrogen and oxygen atoms in total. The number of methoxy groups -OCH3 is 1. The van der Waals surface area contributed by atoms with E-state index in [4.69, 9.17) is 9.47 Å². The first-order chi connectivity index (χ1) is 12.2. The SMILES string of the molecule is COc1ccc(CNC(=O)c2cccc(CN3CCOCC3)c2)cc1. The molecule has 132 valence electrons. The summed E-state index contributed by atoms with van der Waals surface area (Å²) in [7, 11) is 1.64. The summed E-state index contributed by atoms with van der Waals surface area (Å²) in [5.74, 6) is 0.755. The van der Waals surface area contributed by atoms with Crippen LogP contribution in [0.15, 0.2) is 48.5 Å². The van der Waals surface area contributed by atoms with E-state index in [9.17, 15) is 4.79 Å². The number of carbonyl (C=O) groups excluding carboxylic acids is 1. The smallest absolute Gasteiger partial charge is 0.251 e. The van der Waals surface area contributed by atoms with Crippen LogP contribution in [0.2, 0.25) is 0 Å². The fourth-order valence-corrected chi connectivity index (χ4v) is 2.86. The van der Waals surface area contributed by atoms with Crippen LogP contribution in [0.3, 0.4) is 0 Å². The predicted molar refractivity (Wildman–Crippen MR) is 96.7 cm³/mol. The normalized spacial score (nSPS) is 14.9. The molecule has 0 radical (unpaired) electrons. The predicted octanol–water partition coefficient (Wildman–Crippen LogP) is 2.46. The summed E-state index contributed by atoms with van der Waals surface area (Å²) in [6.07, 6.45) is 0. The van der Waals surface area contributed by atoms with Crippen molar-refractivity contribution in [1.29, 1.82) is 0 Å². The lowest BCUT2D eigenvalue weighted by Gasteiger charge is -2.26. The summed E-state index contributed by atoms with van der Waals surface area (Å²) in [6.45, 7) is 4.78. The second-order valence-electron chi connectivity index (χ2n) is 6.12. The van der Waals surface area contributed by atoms with E-state index in [1.165, 1.54) is 0 Å². The number of nitrogens with one attached hydrogen (secondary N) is 1. The minimum Gasteiger partial charge on any atom is -0.497 e. The summed E-state index contributed by atoms with van der Waals surface area (Å²) in [5.41, 5.74) is 2.89. The molecule has 1 aliphatic heterocycles. The van der Waals surface area contributed by atoms with E-state index in [2.05, 4.69) is 16.3 Å². The fourth-order valence-electron chi connectivity index (χ4n) is 2.86. The van der Waals surface area contributed by atoms with Gasteiger partial charge < -0.3 is 14.8 Å². The Kier molecular flexibility index (Phi) is 6.04. The lowest BCUT2D eigenvalue weighted by Crippen LogP contribution is -2.35. The van der Waals surface area contributed by atoms with E-state index in [1.807, 2.05) is 42.5 Å². The molecule has 2 aromatic rings. The first-order valence-corrected chi connectivity index (χ1v) is 8.55. The van der Waals surface area contributed by atoms with Crippen molar-refractivity contribution in [2.45, 2.75) is 13.1 Å². The third-order valence-electron chi connectivity index (χ3n) is 4.31. The van der Waals surface area contributed by atoms with Crippen LogP contribution >= 0.6 is 0 Å². The van der Waals surface area contributed by atoms with Gasteiger partial charge in [0, 0.05) is 31.7 Å². The van der Waals surface area contributed by atoms with E-state index in [0.717, 1.165) is 49.7 Å². The zero-order valence-corrected chi connectivity index (χ0v) is 14.5. The van der Waals surface area contributed by atoms with Gasteiger partial charge in [0.25, 0.3) is 5.91 Å². The van der Waals surface area contributed by atoms with Crippen LogP contribution in [0.1, 0.15) is 21.5 Å². The van der Waals surface area contributed by atoms with Gasteiger partial charge in [-0.2, -0.15) is 0 Å². The summed E-state index contributed by atoms with van der Waals surface area (Å²) in [4.78, 5) is 14.8. The van der Waals surface area contributed by atoms with E-state index in [1.54, 1.807) is 7.11 Å². The van der Waals surface area contributed by atoms with Crippen LogP contribution in [0, 0.1) is 0 Å². The first-order valence-electron chi connectivity index (χ1n) is 8.55. The van der Waals surface area contributed by atoms with Gasteiger partial charge in [-0.3, -0.25) is 9.69 Å². The molecule has 0 saturated carbocycles.